The molecule has 3 aromatic heterocycles. The molecule has 34 heavy (non-hydrogen) atoms. The molecule has 0 radical (unpaired) electrons. The Morgan fingerprint density at radius 3 is 2.68 bits per heavy atom. The van der Waals surface area contributed by atoms with Gasteiger partial charge < -0.3 is 19.9 Å². The molecule has 1 aromatic carbocycles. The van der Waals surface area contributed by atoms with Crippen LogP contribution in [-0.2, 0) is 4.79 Å². The maximum Gasteiger partial charge on any atom is 0.227 e. The third kappa shape index (κ3) is 4.12. The summed E-state index contributed by atoms with van der Waals surface area (Å²) >= 11 is 0. The van der Waals surface area contributed by atoms with Gasteiger partial charge in [0, 0.05) is 62.8 Å². The van der Waals surface area contributed by atoms with E-state index in [-0.39, 0.29) is 5.91 Å². The van der Waals surface area contributed by atoms with E-state index in [0.29, 0.717) is 11.7 Å². The predicted molar refractivity (Wildman–Crippen MR) is 132 cm³/mol. The predicted octanol–water partition coefficient (Wildman–Crippen LogP) is 3.52. The largest absolute Gasteiger partial charge is 0.494 e. The van der Waals surface area contributed by atoms with Crippen molar-refractivity contribution in [3.05, 3.63) is 60.6 Å². The Morgan fingerprint density at radius 2 is 1.91 bits per heavy atom. The number of pyridine rings is 1. The minimum Gasteiger partial charge on any atom is -0.494 e. The van der Waals surface area contributed by atoms with Gasteiger partial charge in [-0.15, -0.1) is 0 Å². The monoisotopic (exact) mass is 457 g/mol. The summed E-state index contributed by atoms with van der Waals surface area (Å²) in [4.78, 5) is 25.0. The van der Waals surface area contributed by atoms with Gasteiger partial charge in [0.1, 0.15) is 5.75 Å². The number of anilines is 3. The number of carbonyl (C=O) groups excluding carboxylic acids is 1. The molecule has 4 aromatic rings. The zero-order valence-electron chi connectivity index (χ0n) is 19.5. The topological polar surface area (TPSA) is 87.9 Å². The van der Waals surface area contributed by atoms with Gasteiger partial charge in [0.05, 0.1) is 30.2 Å². The summed E-state index contributed by atoms with van der Waals surface area (Å²) in [6.07, 6.45) is 5.56. The van der Waals surface area contributed by atoms with Crippen molar-refractivity contribution in [1.82, 2.24) is 24.5 Å². The molecule has 1 fully saturated rings. The maximum atomic E-state index is 11.6. The molecular formula is C25H27N7O2. The Labute approximate surface area is 198 Å². The fourth-order valence-corrected chi connectivity index (χ4v) is 4.27. The molecule has 0 spiro atoms. The molecular weight excluding hydrogens is 430 g/mol. The van der Waals surface area contributed by atoms with Crippen molar-refractivity contribution in [1.29, 1.82) is 0 Å². The number of amides is 1. The van der Waals surface area contributed by atoms with Gasteiger partial charge in [-0.05, 0) is 36.8 Å². The zero-order chi connectivity index (χ0) is 23.7. The molecule has 0 unspecified atom stereocenters. The van der Waals surface area contributed by atoms with Crippen LogP contribution < -0.4 is 15.0 Å². The van der Waals surface area contributed by atoms with Crippen LogP contribution in [0.5, 0.6) is 5.75 Å². The summed E-state index contributed by atoms with van der Waals surface area (Å²) < 4.78 is 7.50. The fourth-order valence-electron chi connectivity index (χ4n) is 4.27. The van der Waals surface area contributed by atoms with E-state index >= 15 is 0 Å². The average Bonchev–Trinajstić information content (AvgIpc) is 3.29. The second kappa shape index (κ2) is 9.01. The Hall–Kier alpha value is -4.14. The lowest BCUT2D eigenvalue weighted by molar-refractivity contribution is -0.129. The van der Waals surface area contributed by atoms with Gasteiger partial charge in [-0.2, -0.15) is 5.10 Å². The number of nitrogens with one attached hydrogen (secondary N) is 1. The Balaban J connectivity index is 1.39. The molecule has 0 aliphatic carbocycles. The van der Waals surface area contributed by atoms with Gasteiger partial charge in [-0.1, -0.05) is 6.07 Å². The molecule has 0 bridgehead atoms. The second-order valence-electron chi connectivity index (χ2n) is 8.32. The van der Waals surface area contributed by atoms with E-state index in [0.717, 1.165) is 59.9 Å². The number of fused-ring (bicyclic) bond motifs is 1. The van der Waals surface area contributed by atoms with E-state index in [9.17, 15) is 4.79 Å². The van der Waals surface area contributed by atoms with Crippen molar-refractivity contribution >= 4 is 28.7 Å². The van der Waals surface area contributed by atoms with Crippen LogP contribution in [0.25, 0.3) is 16.8 Å². The number of ether oxygens (including phenoxy) is 1. The number of hydrogen-bond donors (Lipinski definition) is 1. The van der Waals surface area contributed by atoms with E-state index in [2.05, 4.69) is 26.4 Å². The van der Waals surface area contributed by atoms with Crippen molar-refractivity contribution in [2.75, 3.05) is 43.5 Å². The molecule has 1 amide bonds. The van der Waals surface area contributed by atoms with Crippen LogP contribution >= 0.6 is 0 Å². The summed E-state index contributed by atoms with van der Waals surface area (Å²) in [6.45, 7) is 6.64. The van der Waals surface area contributed by atoms with Gasteiger partial charge in [0.25, 0.3) is 0 Å². The van der Waals surface area contributed by atoms with E-state index in [4.69, 9.17) is 9.72 Å². The highest BCUT2D eigenvalue weighted by Crippen LogP contribution is 2.33. The van der Waals surface area contributed by atoms with Crippen LogP contribution in [0.3, 0.4) is 0 Å². The van der Waals surface area contributed by atoms with Crippen molar-refractivity contribution in [3.63, 3.8) is 0 Å². The first-order valence-electron chi connectivity index (χ1n) is 11.3. The summed E-state index contributed by atoms with van der Waals surface area (Å²) in [5, 5.41) is 7.74. The SMILES string of the molecule is COc1cc(N2CCN(C(C)=O)CC2)ccc1Nc1ncc(C)c(-c2cnn3ccccc23)n1. The van der Waals surface area contributed by atoms with Crippen LogP contribution in [0.2, 0.25) is 0 Å². The van der Waals surface area contributed by atoms with Crippen molar-refractivity contribution in [2.45, 2.75) is 13.8 Å². The van der Waals surface area contributed by atoms with E-state index in [1.807, 2.05) is 65.3 Å². The minimum atomic E-state index is 0.123. The number of methoxy groups -OCH3 is 1. The number of piperazine rings is 1. The number of benzene rings is 1. The average molecular weight is 458 g/mol. The highest BCUT2D eigenvalue weighted by Gasteiger charge is 2.20. The van der Waals surface area contributed by atoms with Crippen LogP contribution in [0.1, 0.15) is 12.5 Å². The molecule has 174 valence electrons. The number of rotatable bonds is 5. The smallest absolute Gasteiger partial charge is 0.227 e. The minimum absolute atomic E-state index is 0.123. The lowest BCUT2D eigenvalue weighted by atomic mass is 10.1. The quantitative estimate of drug-likeness (QED) is 0.491. The maximum absolute atomic E-state index is 11.6. The Morgan fingerprint density at radius 1 is 1.09 bits per heavy atom. The summed E-state index contributed by atoms with van der Waals surface area (Å²) in [5.41, 5.74) is 5.58. The number of aryl methyl sites for hydroxylation is 1. The Kier molecular flexibility index (Phi) is 5.75. The number of aromatic nitrogens is 4. The van der Waals surface area contributed by atoms with Crippen LogP contribution in [0.15, 0.2) is 55.0 Å². The first-order chi connectivity index (χ1) is 16.5. The lowest BCUT2D eigenvalue weighted by Crippen LogP contribution is -2.48. The van der Waals surface area contributed by atoms with E-state index < -0.39 is 0 Å². The molecule has 1 N–H and O–H groups in total. The number of hydrogen-bond acceptors (Lipinski definition) is 7. The highest BCUT2D eigenvalue weighted by atomic mass is 16.5. The molecule has 1 aliphatic rings. The van der Waals surface area contributed by atoms with Gasteiger partial charge in [0.2, 0.25) is 11.9 Å². The third-order valence-corrected chi connectivity index (χ3v) is 6.18. The summed E-state index contributed by atoms with van der Waals surface area (Å²) in [6, 6.07) is 12.0. The summed E-state index contributed by atoms with van der Waals surface area (Å²) in [7, 11) is 1.65. The van der Waals surface area contributed by atoms with E-state index in [1.54, 1.807) is 14.0 Å². The molecule has 4 heterocycles. The fraction of sp³-hybridized carbons (Fsp3) is 0.280. The van der Waals surface area contributed by atoms with Crippen LogP contribution in [-0.4, -0.2) is 63.7 Å². The second-order valence-corrected chi connectivity index (χ2v) is 8.32. The van der Waals surface area contributed by atoms with Gasteiger partial charge in [-0.25, -0.2) is 14.5 Å². The van der Waals surface area contributed by atoms with E-state index in [1.165, 1.54) is 0 Å². The lowest BCUT2D eigenvalue weighted by Gasteiger charge is -2.35. The van der Waals surface area contributed by atoms with Crippen LogP contribution in [0, 0.1) is 6.92 Å². The Bertz CT molecular complexity index is 1340. The molecule has 5 rings (SSSR count). The molecule has 0 atom stereocenters. The first kappa shape index (κ1) is 21.7. The number of nitrogens with zero attached hydrogens (tertiary/aromatic N) is 6. The third-order valence-electron chi connectivity index (χ3n) is 6.18. The highest BCUT2D eigenvalue weighted by molar-refractivity contribution is 5.80. The molecule has 9 nitrogen and oxygen atoms in total. The van der Waals surface area contributed by atoms with Gasteiger partial charge >= 0.3 is 0 Å². The van der Waals surface area contributed by atoms with Gasteiger partial charge in [0.15, 0.2) is 0 Å². The van der Waals surface area contributed by atoms with Crippen LogP contribution in [0.4, 0.5) is 17.3 Å². The zero-order valence-corrected chi connectivity index (χ0v) is 19.5. The van der Waals surface area contributed by atoms with Gasteiger partial charge in [-0.3, -0.25) is 4.79 Å². The molecule has 9 heteroatoms. The number of carbonyl (C=O) groups is 1. The standard InChI is InChI=1S/C25H27N7O2/c1-17-15-26-25(29-24(17)20-16-27-32-9-5-4-6-22(20)32)28-21-8-7-19(14-23(21)34-3)31-12-10-30(11-13-31)18(2)33/h4-9,14-16H,10-13H2,1-3H3,(H,26,28,29). The van der Waals surface area contributed by atoms with Crippen molar-refractivity contribution in [2.24, 2.45) is 0 Å². The molecule has 0 saturated carbocycles. The molecule has 1 saturated heterocycles. The van der Waals surface area contributed by atoms with Crippen molar-refractivity contribution < 1.29 is 9.53 Å². The summed E-state index contributed by atoms with van der Waals surface area (Å²) in [5.74, 6) is 1.31. The normalized spacial score (nSPS) is 13.9. The first-order valence-corrected chi connectivity index (χ1v) is 11.3. The molecule has 1 aliphatic heterocycles. The van der Waals surface area contributed by atoms with Crippen molar-refractivity contribution in [3.8, 4) is 17.0 Å².